The molecule has 206 valence electrons. The number of aliphatic hydroxyl groups is 1. The number of aromatic amines is 1. The Morgan fingerprint density at radius 1 is 1.26 bits per heavy atom. The first-order valence-electron chi connectivity index (χ1n) is 13.0. The minimum atomic E-state index is -4.56. The van der Waals surface area contributed by atoms with E-state index < -0.39 is 24.3 Å². The lowest BCUT2D eigenvalue weighted by molar-refractivity contribution is -0.137. The Morgan fingerprint density at radius 3 is 2.69 bits per heavy atom. The summed E-state index contributed by atoms with van der Waals surface area (Å²) in [6, 6.07) is 3.04. The van der Waals surface area contributed by atoms with Crippen LogP contribution in [0.5, 0.6) is 5.75 Å². The predicted octanol–water partition coefficient (Wildman–Crippen LogP) is 3.45. The van der Waals surface area contributed by atoms with Gasteiger partial charge in [-0.1, -0.05) is 0 Å². The van der Waals surface area contributed by atoms with Crippen molar-refractivity contribution in [3.05, 3.63) is 41.3 Å². The summed E-state index contributed by atoms with van der Waals surface area (Å²) in [6.07, 6.45) is 0.452. The Morgan fingerprint density at radius 2 is 2.03 bits per heavy atom. The summed E-state index contributed by atoms with van der Waals surface area (Å²) in [5, 5.41) is 12.3. The van der Waals surface area contributed by atoms with Crippen LogP contribution in [0.1, 0.15) is 47.3 Å². The van der Waals surface area contributed by atoms with E-state index in [1.54, 1.807) is 11.8 Å². The molecule has 0 unspecified atom stereocenters. The molecule has 1 aliphatic heterocycles. The zero-order valence-corrected chi connectivity index (χ0v) is 21.3. The van der Waals surface area contributed by atoms with Gasteiger partial charge in [-0.3, -0.25) is 9.59 Å². The number of hydrogen-bond acceptors (Lipinski definition) is 6. The number of carbonyl (C=O) groups is 2. The van der Waals surface area contributed by atoms with Crippen molar-refractivity contribution in [2.45, 2.75) is 44.8 Å². The molecule has 0 radical (unpaired) electrons. The van der Waals surface area contributed by atoms with E-state index in [0.29, 0.717) is 36.8 Å². The standard InChI is InChI=1S/C27H28F3N5O4/c1-14-21(25(38)34-19-9-35(20(37)10-36)12-26(19)6-7-26)23-24(33-14)22(31-13-32-23)17-8-16(27(28,29)30)4-5-18(17)39-11-15-2-3-15/h4-5,8,13,15,19,33,36H,2-3,6-7,9-12H2,1H3,(H,34,38)/t19-/m1/s1. The first-order valence-corrected chi connectivity index (χ1v) is 13.0. The maximum absolute atomic E-state index is 13.6. The molecule has 6 rings (SSSR count). The summed E-state index contributed by atoms with van der Waals surface area (Å²) >= 11 is 0. The maximum Gasteiger partial charge on any atom is 0.416 e. The Hall–Kier alpha value is -3.67. The summed E-state index contributed by atoms with van der Waals surface area (Å²) in [6.45, 7) is 2.30. The third-order valence-electron chi connectivity index (χ3n) is 8.07. The number of ether oxygens (including phenoxy) is 1. The largest absolute Gasteiger partial charge is 0.493 e. The highest BCUT2D eigenvalue weighted by molar-refractivity contribution is 6.09. The highest BCUT2D eigenvalue weighted by Crippen LogP contribution is 2.53. The van der Waals surface area contributed by atoms with E-state index in [-0.39, 0.29) is 45.5 Å². The topological polar surface area (TPSA) is 120 Å². The Balaban J connectivity index is 1.35. The predicted molar refractivity (Wildman–Crippen MR) is 134 cm³/mol. The minimum Gasteiger partial charge on any atom is -0.493 e. The van der Waals surface area contributed by atoms with Crippen LogP contribution in [0.3, 0.4) is 0 Å². The van der Waals surface area contributed by atoms with Crippen molar-refractivity contribution in [2.75, 3.05) is 26.3 Å². The molecule has 2 aliphatic carbocycles. The van der Waals surface area contributed by atoms with E-state index in [0.717, 1.165) is 37.8 Å². The van der Waals surface area contributed by atoms with Gasteiger partial charge in [0.1, 0.15) is 29.9 Å². The van der Waals surface area contributed by atoms with E-state index in [1.165, 1.54) is 12.4 Å². The van der Waals surface area contributed by atoms with E-state index in [1.807, 2.05) is 0 Å². The van der Waals surface area contributed by atoms with Gasteiger partial charge in [0.25, 0.3) is 5.91 Å². The third kappa shape index (κ3) is 4.70. The molecule has 1 spiro atoms. The zero-order valence-electron chi connectivity index (χ0n) is 21.3. The minimum absolute atomic E-state index is 0.164. The monoisotopic (exact) mass is 543 g/mol. The maximum atomic E-state index is 13.6. The molecule has 2 saturated carbocycles. The van der Waals surface area contributed by atoms with Gasteiger partial charge in [-0.2, -0.15) is 13.2 Å². The van der Waals surface area contributed by atoms with Crippen molar-refractivity contribution in [1.29, 1.82) is 0 Å². The van der Waals surface area contributed by atoms with Gasteiger partial charge in [0.2, 0.25) is 5.91 Å². The SMILES string of the molecule is Cc1[nH]c2c(-c3cc(C(F)(F)F)ccc3OCC3CC3)ncnc2c1C(=O)N[C@@H]1CN(C(=O)CO)CC12CC2. The molecule has 3 heterocycles. The second kappa shape index (κ2) is 9.22. The first kappa shape index (κ1) is 25.6. The first-order chi connectivity index (χ1) is 18.6. The summed E-state index contributed by atoms with van der Waals surface area (Å²) in [4.78, 5) is 38.9. The number of aromatic nitrogens is 3. The quantitative estimate of drug-likeness (QED) is 0.420. The lowest BCUT2D eigenvalue weighted by Gasteiger charge is -2.18. The van der Waals surface area contributed by atoms with Gasteiger partial charge in [-0.05, 0) is 56.7 Å². The average molecular weight is 544 g/mol. The van der Waals surface area contributed by atoms with Crippen molar-refractivity contribution in [3.8, 4) is 17.0 Å². The zero-order chi connectivity index (χ0) is 27.5. The van der Waals surface area contributed by atoms with Crippen LogP contribution in [-0.4, -0.2) is 69.1 Å². The number of aryl methyl sites for hydroxylation is 1. The van der Waals surface area contributed by atoms with E-state index in [2.05, 4.69) is 20.3 Å². The Kier molecular flexibility index (Phi) is 6.05. The molecule has 9 nitrogen and oxygen atoms in total. The second-order valence-corrected chi connectivity index (χ2v) is 10.9. The molecule has 2 amide bonds. The number of amides is 2. The van der Waals surface area contributed by atoms with E-state index in [9.17, 15) is 27.9 Å². The number of carbonyl (C=O) groups excluding carboxylic acids is 2. The highest BCUT2D eigenvalue weighted by atomic mass is 19.4. The number of nitrogens with one attached hydrogen (secondary N) is 2. The Labute approximate surface area is 221 Å². The number of hydrogen-bond donors (Lipinski definition) is 3. The number of likely N-dealkylation sites (tertiary alicyclic amines) is 1. The van der Waals surface area contributed by atoms with Crippen LogP contribution in [0.15, 0.2) is 24.5 Å². The summed E-state index contributed by atoms with van der Waals surface area (Å²) in [5.41, 5.74) is 0.711. The number of aliphatic hydroxyl groups excluding tert-OH is 1. The molecule has 3 aliphatic rings. The van der Waals surface area contributed by atoms with Crippen molar-refractivity contribution in [1.82, 2.24) is 25.2 Å². The van der Waals surface area contributed by atoms with Gasteiger partial charge in [0.15, 0.2) is 0 Å². The molecule has 1 saturated heterocycles. The van der Waals surface area contributed by atoms with Crippen LogP contribution in [0, 0.1) is 18.3 Å². The fourth-order valence-corrected chi connectivity index (χ4v) is 5.47. The van der Waals surface area contributed by atoms with Crippen LogP contribution in [-0.2, 0) is 11.0 Å². The third-order valence-corrected chi connectivity index (χ3v) is 8.07. The fraction of sp³-hybridized carbons (Fsp3) is 0.481. The van der Waals surface area contributed by atoms with Gasteiger partial charge in [0.05, 0.1) is 29.3 Å². The summed E-state index contributed by atoms with van der Waals surface area (Å²) < 4.78 is 46.8. The van der Waals surface area contributed by atoms with Crippen LogP contribution in [0.25, 0.3) is 22.3 Å². The van der Waals surface area contributed by atoms with E-state index >= 15 is 0 Å². The lowest BCUT2D eigenvalue weighted by Crippen LogP contribution is -2.42. The van der Waals surface area contributed by atoms with Crippen LogP contribution in [0.2, 0.25) is 0 Å². The van der Waals surface area contributed by atoms with Gasteiger partial charge in [-0.25, -0.2) is 9.97 Å². The number of benzene rings is 1. The number of alkyl halides is 3. The summed E-state index contributed by atoms with van der Waals surface area (Å²) in [7, 11) is 0. The van der Waals surface area contributed by atoms with E-state index in [4.69, 9.17) is 4.74 Å². The molecule has 2 aromatic heterocycles. The molecule has 0 bridgehead atoms. The highest BCUT2D eigenvalue weighted by Gasteiger charge is 2.56. The lowest BCUT2D eigenvalue weighted by atomic mass is 10.00. The van der Waals surface area contributed by atoms with Gasteiger partial charge >= 0.3 is 6.18 Å². The second-order valence-electron chi connectivity index (χ2n) is 10.9. The van der Waals surface area contributed by atoms with Gasteiger partial charge in [0, 0.05) is 29.8 Å². The van der Waals surface area contributed by atoms with Crippen LogP contribution in [0.4, 0.5) is 13.2 Å². The fourth-order valence-electron chi connectivity index (χ4n) is 5.47. The van der Waals surface area contributed by atoms with Crippen molar-refractivity contribution in [2.24, 2.45) is 11.3 Å². The normalized spacial score (nSPS) is 20.0. The number of rotatable bonds is 7. The molecule has 1 atom stereocenters. The Bertz CT molecular complexity index is 1460. The van der Waals surface area contributed by atoms with Crippen molar-refractivity contribution >= 4 is 22.8 Å². The van der Waals surface area contributed by atoms with Crippen LogP contribution < -0.4 is 10.1 Å². The molecule has 1 aromatic carbocycles. The smallest absolute Gasteiger partial charge is 0.416 e. The van der Waals surface area contributed by atoms with Gasteiger partial charge < -0.3 is 25.0 Å². The van der Waals surface area contributed by atoms with Gasteiger partial charge in [-0.15, -0.1) is 0 Å². The number of fused-ring (bicyclic) bond motifs is 1. The molecule has 3 N–H and O–H groups in total. The summed E-state index contributed by atoms with van der Waals surface area (Å²) in [5.74, 6) is -0.0994. The van der Waals surface area contributed by atoms with Crippen LogP contribution >= 0.6 is 0 Å². The molecule has 39 heavy (non-hydrogen) atoms. The molecule has 3 fully saturated rings. The number of halogens is 3. The molecule has 3 aromatic rings. The molecular weight excluding hydrogens is 515 g/mol. The average Bonchev–Trinajstić information content (AvgIpc) is 3.81. The molecule has 12 heteroatoms. The number of nitrogens with zero attached hydrogens (tertiary/aromatic N) is 3. The van der Waals surface area contributed by atoms with Crippen molar-refractivity contribution < 1.29 is 32.6 Å². The van der Waals surface area contributed by atoms with Crippen molar-refractivity contribution in [3.63, 3.8) is 0 Å². The number of H-pyrrole nitrogens is 1. The molecular formula is C27H28F3N5O4.